The van der Waals surface area contributed by atoms with Gasteiger partial charge in [-0.3, -0.25) is 0 Å². The predicted octanol–water partition coefficient (Wildman–Crippen LogP) is 16.9. The van der Waals surface area contributed by atoms with Crippen molar-refractivity contribution in [3.8, 4) is 27.9 Å². The van der Waals surface area contributed by atoms with E-state index in [4.69, 9.17) is 4.42 Å². The average Bonchev–Trinajstić information content (AvgIpc) is 3.91. The van der Waals surface area contributed by atoms with Crippen LogP contribution in [-0.4, -0.2) is 4.57 Å². The van der Waals surface area contributed by atoms with E-state index < -0.39 is 0 Å². The first-order valence-corrected chi connectivity index (χ1v) is 21.6. The van der Waals surface area contributed by atoms with E-state index in [9.17, 15) is 0 Å². The third kappa shape index (κ3) is 5.53. The first-order chi connectivity index (χ1) is 31.3. The van der Waals surface area contributed by atoms with Gasteiger partial charge in [-0.05, 0) is 122 Å². The molecule has 0 radical (unpaired) electrons. The van der Waals surface area contributed by atoms with Gasteiger partial charge in [0.15, 0.2) is 0 Å². The SMILES string of the molecule is c1ccc(-n2c3ccccc3c3c(-c4cccc(N(c5ccc(-c6cc7ccccc7c7ccccc67)cc5)c5cccc6oc7c8ccccc8ccc7c56)c4)cccc32)cc1. The lowest BCUT2D eigenvalue weighted by Gasteiger charge is -2.27. The predicted molar refractivity (Wildman–Crippen MR) is 266 cm³/mol. The summed E-state index contributed by atoms with van der Waals surface area (Å²) in [5, 5.41) is 11.9. The molecular formula is C60H38N2O. The summed E-state index contributed by atoms with van der Waals surface area (Å²) in [4.78, 5) is 2.41. The molecular weight excluding hydrogens is 765 g/mol. The van der Waals surface area contributed by atoms with Gasteiger partial charge in [0.2, 0.25) is 0 Å². The van der Waals surface area contributed by atoms with Crippen LogP contribution in [0.3, 0.4) is 0 Å². The molecule has 294 valence electrons. The van der Waals surface area contributed by atoms with Crippen molar-refractivity contribution in [1.29, 1.82) is 0 Å². The summed E-state index contributed by atoms with van der Waals surface area (Å²) in [5.41, 5.74) is 13.2. The minimum absolute atomic E-state index is 0.859. The van der Waals surface area contributed by atoms with Crippen molar-refractivity contribution in [1.82, 2.24) is 4.57 Å². The van der Waals surface area contributed by atoms with Crippen molar-refractivity contribution in [2.75, 3.05) is 4.90 Å². The molecule has 0 saturated carbocycles. The number of hydrogen-bond acceptors (Lipinski definition) is 2. The second kappa shape index (κ2) is 14.1. The Morgan fingerprint density at radius 3 is 1.89 bits per heavy atom. The molecule has 0 aliphatic rings. The number of fused-ring (bicyclic) bond motifs is 11. The Labute approximate surface area is 363 Å². The van der Waals surface area contributed by atoms with Crippen molar-refractivity contribution >= 4 is 93.1 Å². The summed E-state index contributed by atoms with van der Waals surface area (Å²) in [6, 6.07) is 83.5. The monoisotopic (exact) mass is 802 g/mol. The number of hydrogen-bond donors (Lipinski definition) is 0. The fourth-order valence-corrected chi connectivity index (χ4v) is 10.2. The number of benzene rings is 11. The molecule has 13 aromatic rings. The highest BCUT2D eigenvalue weighted by Gasteiger charge is 2.22. The third-order valence-corrected chi connectivity index (χ3v) is 12.9. The molecule has 11 aromatic carbocycles. The Morgan fingerprint density at radius 1 is 0.349 bits per heavy atom. The summed E-state index contributed by atoms with van der Waals surface area (Å²) in [6.45, 7) is 0. The third-order valence-electron chi connectivity index (χ3n) is 12.9. The smallest absolute Gasteiger partial charge is 0.143 e. The molecule has 0 aliphatic heterocycles. The van der Waals surface area contributed by atoms with E-state index in [1.807, 2.05) is 0 Å². The molecule has 0 amide bonds. The minimum atomic E-state index is 0.859. The Morgan fingerprint density at radius 2 is 1.03 bits per heavy atom. The summed E-state index contributed by atoms with van der Waals surface area (Å²) < 4.78 is 9.16. The van der Waals surface area contributed by atoms with Crippen LogP contribution in [0.15, 0.2) is 235 Å². The van der Waals surface area contributed by atoms with Crippen LogP contribution in [0.1, 0.15) is 0 Å². The second-order valence-electron chi connectivity index (χ2n) is 16.4. The van der Waals surface area contributed by atoms with Gasteiger partial charge >= 0.3 is 0 Å². The van der Waals surface area contributed by atoms with Crippen LogP contribution in [0.4, 0.5) is 17.1 Å². The van der Waals surface area contributed by atoms with Crippen LogP contribution < -0.4 is 4.90 Å². The van der Waals surface area contributed by atoms with E-state index >= 15 is 0 Å². The molecule has 13 rings (SSSR count). The van der Waals surface area contributed by atoms with Gasteiger partial charge in [-0.25, -0.2) is 0 Å². The van der Waals surface area contributed by atoms with Crippen LogP contribution in [0.5, 0.6) is 0 Å². The maximum absolute atomic E-state index is 6.77. The lowest BCUT2D eigenvalue weighted by Crippen LogP contribution is -2.10. The van der Waals surface area contributed by atoms with Gasteiger partial charge in [0.1, 0.15) is 11.2 Å². The number of rotatable bonds is 6. The van der Waals surface area contributed by atoms with Crippen LogP contribution in [0, 0.1) is 0 Å². The van der Waals surface area contributed by atoms with Gasteiger partial charge in [-0.15, -0.1) is 0 Å². The molecule has 0 N–H and O–H groups in total. The van der Waals surface area contributed by atoms with Gasteiger partial charge in [0.25, 0.3) is 0 Å². The normalized spacial score (nSPS) is 11.8. The van der Waals surface area contributed by atoms with Crippen molar-refractivity contribution < 1.29 is 4.42 Å². The zero-order valence-corrected chi connectivity index (χ0v) is 34.2. The number of para-hydroxylation sites is 2. The highest BCUT2D eigenvalue weighted by molar-refractivity contribution is 6.20. The summed E-state index contributed by atoms with van der Waals surface area (Å²) in [5.74, 6) is 0. The number of furan rings is 1. The van der Waals surface area contributed by atoms with Gasteiger partial charge in [-0.2, -0.15) is 0 Å². The lowest BCUT2D eigenvalue weighted by atomic mass is 9.93. The Bertz CT molecular complexity index is 3910. The fraction of sp³-hybridized carbons (Fsp3) is 0. The molecule has 0 fully saturated rings. The Kier molecular flexibility index (Phi) is 7.91. The molecule has 0 spiro atoms. The number of aromatic nitrogens is 1. The molecule has 3 nitrogen and oxygen atoms in total. The highest BCUT2D eigenvalue weighted by atomic mass is 16.3. The first kappa shape index (κ1) is 35.4. The molecule has 0 atom stereocenters. The molecule has 3 heteroatoms. The molecule has 0 saturated heterocycles. The van der Waals surface area contributed by atoms with Crippen LogP contribution in [0.2, 0.25) is 0 Å². The summed E-state index contributed by atoms with van der Waals surface area (Å²) in [7, 11) is 0. The number of nitrogens with zero attached hydrogens (tertiary/aromatic N) is 2. The van der Waals surface area contributed by atoms with E-state index in [-0.39, 0.29) is 0 Å². The minimum Gasteiger partial charge on any atom is -0.455 e. The maximum atomic E-state index is 6.77. The first-order valence-electron chi connectivity index (χ1n) is 21.6. The lowest BCUT2D eigenvalue weighted by molar-refractivity contribution is 0.672. The summed E-state index contributed by atoms with van der Waals surface area (Å²) in [6.07, 6.45) is 0. The quantitative estimate of drug-likeness (QED) is 0.156. The average molecular weight is 803 g/mol. The van der Waals surface area contributed by atoms with Gasteiger partial charge in [0, 0.05) is 38.6 Å². The van der Waals surface area contributed by atoms with E-state index in [1.54, 1.807) is 0 Å². The van der Waals surface area contributed by atoms with Gasteiger partial charge in [0.05, 0.1) is 22.1 Å². The van der Waals surface area contributed by atoms with Gasteiger partial charge in [-0.1, -0.05) is 158 Å². The zero-order valence-electron chi connectivity index (χ0n) is 34.2. The molecule has 0 bridgehead atoms. The fourth-order valence-electron chi connectivity index (χ4n) is 10.2. The molecule has 63 heavy (non-hydrogen) atoms. The topological polar surface area (TPSA) is 21.3 Å². The largest absolute Gasteiger partial charge is 0.455 e. The molecule has 0 aliphatic carbocycles. The van der Waals surface area contributed by atoms with Crippen LogP contribution in [-0.2, 0) is 0 Å². The van der Waals surface area contributed by atoms with Crippen molar-refractivity contribution in [3.63, 3.8) is 0 Å². The summed E-state index contributed by atoms with van der Waals surface area (Å²) >= 11 is 0. The Balaban J connectivity index is 1.03. The Hall–Kier alpha value is -8.40. The van der Waals surface area contributed by atoms with Crippen molar-refractivity contribution in [3.05, 3.63) is 231 Å². The van der Waals surface area contributed by atoms with E-state index in [0.717, 1.165) is 61.0 Å². The maximum Gasteiger partial charge on any atom is 0.143 e. The molecule has 2 aromatic heterocycles. The second-order valence-corrected chi connectivity index (χ2v) is 16.4. The van der Waals surface area contributed by atoms with E-state index in [1.165, 1.54) is 60.0 Å². The standard InChI is InChI=1S/C60H38N2O/c1-2-18-43(19-3-1)62-54-27-11-10-25-51(54)58-47(26-13-28-55(58)62)41-17-12-20-45(37-41)61(56-29-14-30-57-59(56)52-36-33-39-15-4-7-22-48(39)60(52)63-57)44-34-31-40(32-35-44)53-38-42-16-5-6-21-46(42)49-23-8-9-24-50(49)53/h1-38H. The van der Waals surface area contributed by atoms with E-state index in [2.05, 4.69) is 240 Å². The molecule has 0 unspecified atom stereocenters. The zero-order chi connectivity index (χ0) is 41.4. The van der Waals surface area contributed by atoms with Crippen LogP contribution in [0.25, 0.3) is 104 Å². The molecule has 2 heterocycles. The highest BCUT2D eigenvalue weighted by Crippen LogP contribution is 2.47. The van der Waals surface area contributed by atoms with Crippen LogP contribution >= 0.6 is 0 Å². The number of anilines is 3. The van der Waals surface area contributed by atoms with E-state index in [0.29, 0.717) is 0 Å². The van der Waals surface area contributed by atoms with Gasteiger partial charge < -0.3 is 13.9 Å². The van der Waals surface area contributed by atoms with Crippen molar-refractivity contribution in [2.45, 2.75) is 0 Å². The van der Waals surface area contributed by atoms with Crippen molar-refractivity contribution in [2.24, 2.45) is 0 Å².